The maximum Gasteiger partial charge on any atom is 0.248 e. The summed E-state index contributed by atoms with van der Waals surface area (Å²) >= 11 is 0. The van der Waals surface area contributed by atoms with Crippen LogP contribution < -0.4 is 10.1 Å². The molecule has 0 unspecified atom stereocenters. The van der Waals surface area contributed by atoms with E-state index in [1.807, 2.05) is 38.1 Å². The van der Waals surface area contributed by atoms with Gasteiger partial charge in [-0.1, -0.05) is 31.1 Å². The van der Waals surface area contributed by atoms with Crippen molar-refractivity contribution in [1.82, 2.24) is 5.16 Å². The van der Waals surface area contributed by atoms with Crippen LogP contribution in [0, 0.1) is 11.6 Å². The van der Waals surface area contributed by atoms with E-state index in [9.17, 15) is 22.0 Å². The number of aromatic nitrogens is 1. The fourth-order valence-corrected chi connectivity index (χ4v) is 4.63. The van der Waals surface area contributed by atoms with Crippen LogP contribution in [-0.4, -0.2) is 37.9 Å². The van der Waals surface area contributed by atoms with Gasteiger partial charge >= 0.3 is 0 Å². The summed E-state index contributed by atoms with van der Waals surface area (Å²) in [4.78, 5) is 12.1. The second-order valence-electron chi connectivity index (χ2n) is 9.34. The lowest BCUT2D eigenvalue weighted by atomic mass is 9.90. The van der Waals surface area contributed by atoms with Gasteiger partial charge < -0.3 is 14.0 Å². The van der Waals surface area contributed by atoms with Crippen molar-refractivity contribution in [3.8, 4) is 5.75 Å². The predicted octanol–water partition coefficient (Wildman–Crippen LogP) is 4.65. The van der Waals surface area contributed by atoms with Gasteiger partial charge in [0, 0.05) is 17.5 Å². The van der Waals surface area contributed by atoms with Gasteiger partial charge in [0.05, 0.1) is 26.0 Å². The van der Waals surface area contributed by atoms with Gasteiger partial charge in [0.15, 0.2) is 9.84 Å². The first-order chi connectivity index (χ1) is 16.8. The smallest absolute Gasteiger partial charge is 0.248 e. The molecule has 0 radical (unpaired) electrons. The van der Waals surface area contributed by atoms with E-state index in [1.54, 1.807) is 7.11 Å². The zero-order chi connectivity index (χ0) is 26.7. The zero-order valence-electron chi connectivity index (χ0n) is 20.6. The molecule has 1 heterocycles. The van der Waals surface area contributed by atoms with Crippen molar-refractivity contribution >= 4 is 21.6 Å². The fourth-order valence-electron chi connectivity index (χ4n) is 3.23. The highest BCUT2D eigenvalue weighted by molar-refractivity contribution is 7.93. The topological polar surface area (TPSA) is 108 Å². The number of carbonyl (C=O) groups is 1. The number of benzene rings is 2. The molecule has 0 spiro atoms. The number of halogens is 2. The first-order valence-corrected chi connectivity index (χ1v) is 12.5. The number of amides is 1. The van der Waals surface area contributed by atoms with Crippen LogP contribution in [0.2, 0.25) is 0 Å². The molecule has 0 fully saturated rings. The Morgan fingerprint density at radius 1 is 1.06 bits per heavy atom. The lowest BCUT2D eigenvalue weighted by Crippen LogP contribution is -2.44. The number of carbonyl (C=O) groups excluding carboxylic acids is 1. The molecule has 0 atom stereocenters. The van der Waals surface area contributed by atoms with E-state index in [0.29, 0.717) is 18.4 Å². The quantitative estimate of drug-likeness (QED) is 0.386. The van der Waals surface area contributed by atoms with Crippen LogP contribution >= 0.6 is 0 Å². The van der Waals surface area contributed by atoms with E-state index in [-0.39, 0.29) is 12.5 Å². The zero-order valence-corrected chi connectivity index (χ0v) is 21.4. The summed E-state index contributed by atoms with van der Waals surface area (Å²) in [5.41, 5.74) is 0.830. The molecule has 194 valence electrons. The lowest BCUT2D eigenvalue weighted by Gasteiger charge is -2.23. The average molecular weight is 523 g/mol. The Morgan fingerprint density at radius 3 is 2.33 bits per heavy atom. The number of rotatable bonds is 10. The van der Waals surface area contributed by atoms with E-state index in [0.717, 1.165) is 37.3 Å². The van der Waals surface area contributed by atoms with E-state index >= 15 is 0 Å². The number of methoxy groups -OCH3 is 1. The summed E-state index contributed by atoms with van der Waals surface area (Å²) in [7, 11) is -2.92. The van der Waals surface area contributed by atoms with Crippen LogP contribution in [-0.2, 0) is 31.4 Å². The molecule has 3 rings (SSSR count). The molecular weight excluding hydrogens is 494 g/mol. The van der Waals surface area contributed by atoms with Crippen LogP contribution in [0.25, 0.3) is 0 Å². The van der Waals surface area contributed by atoms with Gasteiger partial charge in [0.25, 0.3) is 0 Å². The summed E-state index contributed by atoms with van der Waals surface area (Å²) in [5.74, 6) is -2.52. The van der Waals surface area contributed by atoms with Crippen molar-refractivity contribution in [3.05, 3.63) is 71.4 Å². The number of hydrogen-bond acceptors (Lipinski definition) is 7. The third-order valence-corrected chi connectivity index (χ3v) is 8.17. The second-order valence-corrected chi connectivity index (χ2v) is 11.8. The first-order valence-electron chi connectivity index (χ1n) is 11.0. The minimum atomic E-state index is -4.51. The Hall–Kier alpha value is -3.31. The van der Waals surface area contributed by atoms with Gasteiger partial charge in [-0.3, -0.25) is 10.1 Å². The van der Waals surface area contributed by atoms with Gasteiger partial charge in [0.1, 0.15) is 27.0 Å². The molecule has 2 aromatic carbocycles. The molecule has 0 aliphatic heterocycles. The molecule has 1 N–H and O–H groups in total. The van der Waals surface area contributed by atoms with Crippen LogP contribution in [0.1, 0.15) is 39.0 Å². The van der Waals surface area contributed by atoms with Crippen molar-refractivity contribution < 1.29 is 36.0 Å². The number of sulfone groups is 1. The van der Waals surface area contributed by atoms with Crippen molar-refractivity contribution in [1.29, 1.82) is 0 Å². The molecule has 11 heteroatoms. The number of hydrogen-bond donors (Lipinski definition) is 1. The normalized spacial score (nSPS) is 12.4. The number of anilines is 1. The molecule has 1 amide bonds. The summed E-state index contributed by atoms with van der Waals surface area (Å²) in [6.45, 7) is 6.62. The number of nitrogens with zero attached hydrogens (tertiary/aromatic N) is 1. The minimum Gasteiger partial charge on any atom is -0.497 e. The van der Waals surface area contributed by atoms with Crippen molar-refractivity contribution in [2.75, 3.05) is 19.0 Å². The molecule has 0 aliphatic carbocycles. The highest BCUT2D eigenvalue weighted by Gasteiger charge is 2.44. The fraction of sp³-hybridized carbons (Fsp3) is 0.360. The lowest BCUT2D eigenvalue weighted by molar-refractivity contribution is -0.118. The van der Waals surface area contributed by atoms with Gasteiger partial charge in [-0.05, 0) is 43.7 Å². The van der Waals surface area contributed by atoms with E-state index in [4.69, 9.17) is 14.0 Å². The Morgan fingerprint density at radius 2 is 1.72 bits per heavy atom. The molecule has 36 heavy (non-hydrogen) atoms. The molecule has 1 aromatic heterocycles. The molecule has 3 aromatic rings. The van der Waals surface area contributed by atoms with Gasteiger partial charge in [0.2, 0.25) is 11.8 Å². The highest BCUT2D eigenvalue weighted by atomic mass is 32.2. The Labute approximate surface area is 208 Å². The third-order valence-electron chi connectivity index (χ3n) is 5.73. The van der Waals surface area contributed by atoms with Crippen molar-refractivity contribution in [2.45, 2.75) is 49.4 Å². The van der Waals surface area contributed by atoms with Gasteiger partial charge in [-0.15, -0.1) is 0 Å². The van der Waals surface area contributed by atoms with E-state index < -0.39 is 42.4 Å². The average Bonchev–Trinajstić information content (AvgIpc) is 3.28. The summed E-state index contributed by atoms with van der Waals surface area (Å²) in [5, 5.41) is 6.36. The molecule has 0 bridgehead atoms. The first kappa shape index (κ1) is 27.3. The predicted molar refractivity (Wildman–Crippen MR) is 128 cm³/mol. The third kappa shape index (κ3) is 5.73. The summed E-state index contributed by atoms with van der Waals surface area (Å²) in [6.07, 6.45) is 0. The largest absolute Gasteiger partial charge is 0.497 e. The Balaban J connectivity index is 1.67. The van der Waals surface area contributed by atoms with E-state index in [2.05, 4.69) is 10.5 Å². The van der Waals surface area contributed by atoms with Gasteiger partial charge in [-0.2, -0.15) is 0 Å². The van der Waals surface area contributed by atoms with Gasteiger partial charge in [-0.25, -0.2) is 17.2 Å². The molecule has 8 nitrogen and oxygen atoms in total. The summed E-state index contributed by atoms with van der Waals surface area (Å²) < 4.78 is 67.3. The van der Waals surface area contributed by atoms with Crippen LogP contribution in [0.15, 0.2) is 57.9 Å². The summed E-state index contributed by atoms with van der Waals surface area (Å²) in [6, 6.07) is 11.0. The molecule has 0 saturated carbocycles. The minimum absolute atomic E-state index is 0.0823. The Bertz CT molecular complexity index is 1330. The van der Waals surface area contributed by atoms with Crippen LogP contribution in [0.3, 0.4) is 0 Å². The highest BCUT2D eigenvalue weighted by Crippen LogP contribution is 2.30. The van der Waals surface area contributed by atoms with Crippen LogP contribution in [0.4, 0.5) is 14.7 Å². The molecular formula is C25H28F2N2O6S. The van der Waals surface area contributed by atoms with Crippen molar-refractivity contribution in [2.24, 2.45) is 0 Å². The second kappa shape index (κ2) is 10.4. The molecule has 0 aliphatic rings. The van der Waals surface area contributed by atoms with Crippen LogP contribution in [0.5, 0.6) is 5.75 Å². The maximum atomic E-state index is 14.1. The molecule has 0 saturated heterocycles. The Kier molecular flexibility index (Phi) is 7.85. The number of ether oxygens (including phenoxy) is 2. The monoisotopic (exact) mass is 522 g/mol. The SMILES string of the molecule is COc1ccc(COCC(C)(C)c2cc(NC(=O)C(C)(C)S(=O)(=O)c3ccc(F)cc3F)on2)cc1. The van der Waals surface area contributed by atoms with E-state index in [1.165, 1.54) is 6.07 Å². The van der Waals surface area contributed by atoms with Crippen molar-refractivity contribution in [3.63, 3.8) is 0 Å². The number of nitrogens with one attached hydrogen (secondary N) is 1. The standard InChI is InChI=1S/C25H28F2N2O6S/c1-24(2,15-34-14-16-6-9-18(33-5)10-7-16)21-13-22(35-29-21)28-23(30)25(3,4)36(31,32)20-11-8-17(26)12-19(20)27/h6-13H,14-15H2,1-5H3,(H,28,30). The maximum absolute atomic E-state index is 14.1.